The fourth-order valence-electron chi connectivity index (χ4n) is 3.42. The summed E-state index contributed by atoms with van der Waals surface area (Å²) in [6.45, 7) is 9.20. The first-order valence-corrected chi connectivity index (χ1v) is 12.2. The van der Waals surface area contributed by atoms with Gasteiger partial charge in [0.25, 0.3) is 5.56 Å². The SMILES string of the molecule is Cc1nc(COc2cc(C)n(-c3ccnc(-c4nc(C(C)(C)O)ncc4C)c3)c(=O)c2Br)cs1. The van der Waals surface area contributed by atoms with Crippen molar-refractivity contribution >= 4 is 27.3 Å². The molecule has 0 saturated heterocycles. The number of ether oxygens (including phenoxy) is 1. The highest BCUT2D eigenvalue weighted by Crippen LogP contribution is 2.27. The minimum absolute atomic E-state index is 0.252. The van der Waals surface area contributed by atoms with Crippen molar-refractivity contribution in [2.75, 3.05) is 0 Å². The molecule has 4 aromatic rings. The topological polar surface area (TPSA) is 103 Å². The van der Waals surface area contributed by atoms with Crippen LogP contribution in [0.3, 0.4) is 0 Å². The third-order valence-corrected chi connectivity index (χ3v) is 6.66. The van der Waals surface area contributed by atoms with E-state index in [9.17, 15) is 9.90 Å². The molecular weight excluding hydrogens is 518 g/mol. The Kier molecular flexibility index (Phi) is 6.66. The Hall–Kier alpha value is -2.95. The van der Waals surface area contributed by atoms with E-state index < -0.39 is 5.60 Å². The highest BCUT2D eigenvalue weighted by atomic mass is 79.9. The summed E-state index contributed by atoms with van der Waals surface area (Å²) in [6.07, 6.45) is 3.29. The summed E-state index contributed by atoms with van der Waals surface area (Å²) in [5.74, 6) is 0.758. The molecule has 0 fully saturated rings. The normalized spacial score (nSPS) is 11.6. The van der Waals surface area contributed by atoms with Crippen LogP contribution < -0.4 is 10.3 Å². The quantitative estimate of drug-likeness (QED) is 0.379. The third kappa shape index (κ3) is 4.94. The molecule has 34 heavy (non-hydrogen) atoms. The standard InChI is InChI=1S/C24H24BrN5O3S/c1-13-10-27-23(24(4,5)32)29-21(13)18-9-17(6-7-26-18)30-14(2)8-19(20(25)22(30)31)33-11-16-12-34-15(3)28-16/h6-10,12,32H,11H2,1-5H3. The lowest BCUT2D eigenvalue weighted by atomic mass is 10.1. The van der Waals surface area contributed by atoms with Crippen molar-refractivity contribution in [3.63, 3.8) is 0 Å². The maximum Gasteiger partial charge on any atom is 0.273 e. The lowest BCUT2D eigenvalue weighted by Gasteiger charge is -2.17. The zero-order chi connectivity index (χ0) is 24.6. The Morgan fingerprint density at radius 2 is 1.94 bits per heavy atom. The molecule has 0 aliphatic heterocycles. The van der Waals surface area contributed by atoms with Gasteiger partial charge in [0, 0.05) is 29.5 Å². The number of aliphatic hydroxyl groups is 1. The van der Waals surface area contributed by atoms with Crippen molar-refractivity contribution in [3.8, 4) is 22.8 Å². The summed E-state index contributed by atoms with van der Waals surface area (Å²) >= 11 is 4.96. The smallest absolute Gasteiger partial charge is 0.273 e. The summed E-state index contributed by atoms with van der Waals surface area (Å²) in [4.78, 5) is 30.9. The van der Waals surface area contributed by atoms with Crippen LogP contribution in [-0.4, -0.2) is 29.6 Å². The van der Waals surface area contributed by atoms with Crippen molar-refractivity contribution in [2.24, 2.45) is 0 Å². The fourth-order valence-corrected chi connectivity index (χ4v) is 4.42. The molecule has 0 unspecified atom stereocenters. The molecule has 0 atom stereocenters. The van der Waals surface area contributed by atoms with Gasteiger partial charge in [0.15, 0.2) is 5.82 Å². The summed E-state index contributed by atoms with van der Waals surface area (Å²) in [5, 5.41) is 13.2. The number of nitrogens with zero attached hydrogens (tertiary/aromatic N) is 5. The van der Waals surface area contributed by atoms with Gasteiger partial charge in [-0.3, -0.25) is 14.3 Å². The van der Waals surface area contributed by atoms with E-state index in [1.807, 2.05) is 32.2 Å². The number of pyridine rings is 2. The molecule has 4 heterocycles. The van der Waals surface area contributed by atoms with Crippen LogP contribution in [0.2, 0.25) is 0 Å². The maximum absolute atomic E-state index is 13.3. The Balaban J connectivity index is 1.72. The van der Waals surface area contributed by atoms with Crippen molar-refractivity contribution in [1.29, 1.82) is 0 Å². The molecule has 0 amide bonds. The van der Waals surface area contributed by atoms with Crippen molar-refractivity contribution in [3.05, 3.63) is 78.6 Å². The molecule has 4 aromatic heterocycles. The van der Waals surface area contributed by atoms with E-state index in [2.05, 4.69) is 35.9 Å². The maximum atomic E-state index is 13.3. The fraction of sp³-hybridized carbons (Fsp3) is 0.292. The first kappa shape index (κ1) is 24.2. The van der Waals surface area contributed by atoms with Gasteiger partial charge in [-0.15, -0.1) is 11.3 Å². The Labute approximate surface area is 209 Å². The van der Waals surface area contributed by atoms with E-state index in [1.54, 1.807) is 54.3 Å². The van der Waals surface area contributed by atoms with Crippen LogP contribution in [0.25, 0.3) is 17.1 Å². The molecule has 0 spiro atoms. The van der Waals surface area contributed by atoms with E-state index in [0.717, 1.165) is 16.3 Å². The Morgan fingerprint density at radius 3 is 2.62 bits per heavy atom. The van der Waals surface area contributed by atoms with Gasteiger partial charge in [0.1, 0.15) is 22.4 Å². The van der Waals surface area contributed by atoms with E-state index in [0.29, 0.717) is 38.8 Å². The predicted molar refractivity (Wildman–Crippen MR) is 134 cm³/mol. The summed E-state index contributed by atoms with van der Waals surface area (Å²) in [7, 11) is 0. The number of aryl methyl sites for hydroxylation is 3. The average molecular weight is 542 g/mol. The van der Waals surface area contributed by atoms with E-state index in [4.69, 9.17) is 4.74 Å². The predicted octanol–water partition coefficient (Wildman–Crippen LogP) is 4.64. The van der Waals surface area contributed by atoms with Crippen LogP contribution >= 0.6 is 27.3 Å². The summed E-state index contributed by atoms with van der Waals surface area (Å²) < 4.78 is 7.78. The molecule has 0 aromatic carbocycles. The summed E-state index contributed by atoms with van der Waals surface area (Å²) in [6, 6.07) is 5.37. The Morgan fingerprint density at radius 1 is 1.18 bits per heavy atom. The van der Waals surface area contributed by atoms with Gasteiger partial charge in [0.2, 0.25) is 0 Å². The molecule has 4 rings (SSSR count). The van der Waals surface area contributed by atoms with Gasteiger partial charge in [-0.1, -0.05) is 0 Å². The molecule has 8 nitrogen and oxygen atoms in total. The van der Waals surface area contributed by atoms with Gasteiger partial charge in [-0.2, -0.15) is 0 Å². The second-order valence-corrected chi connectivity index (χ2v) is 10.3. The monoisotopic (exact) mass is 541 g/mol. The van der Waals surface area contributed by atoms with Gasteiger partial charge in [0.05, 0.1) is 27.8 Å². The molecule has 1 N–H and O–H groups in total. The lowest BCUT2D eigenvalue weighted by Crippen LogP contribution is -2.22. The average Bonchev–Trinajstić information content (AvgIpc) is 3.20. The second kappa shape index (κ2) is 9.36. The largest absolute Gasteiger partial charge is 0.486 e. The lowest BCUT2D eigenvalue weighted by molar-refractivity contribution is 0.0688. The second-order valence-electron chi connectivity index (χ2n) is 8.43. The van der Waals surface area contributed by atoms with Gasteiger partial charge in [-0.05, 0) is 68.2 Å². The van der Waals surface area contributed by atoms with Gasteiger partial charge in [-0.25, -0.2) is 15.0 Å². The number of thiazole rings is 1. The number of halogens is 1. The minimum Gasteiger partial charge on any atom is -0.486 e. The zero-order valence-corrected chi connectivity index (χ0v) is 21.9. The molecule has 0 radical (unpaired) electrons. The van der Waals surface area contributed by atoms with Crippen LogP contribution in [0.4, 0.5) is 0 Å². The third-order valence-electron chi connectivity index (χ3n) is 5.11. The van der Waals surface area contributed by atoms with Crippen LogP contribution in [0.15, 0.2) is 45.2 Å². The number of hydrogen-bond acceptors (Lipinski definition) is 8. The van der Waals surface area contributed by atoms with E-state index in [1.165, 1.54) is 0 Å². The van der Waals surface area contributed by atoms with Crippen molar-refractivity contribution in [1.82, 2.24) is 24.5 Å². The van der Waals surface area contributed by atoms with Crippen molar-refractivity contribution in [2.45, 2.75) is 46.8 Å². The zero-order valence-electron chi connectivity index (χ0n) is 19.5. The van der Waals surface area contributed by atoms with Gasteiger partial charge < -0.3 is 9.84 Å². The van der Waals surface area contributed by atoms with Crippen molar-refractivity contribution < 1.29 is 9.84 Å². The highest BCUT2D eigenvalue weighted by molar-refractivity contribution is 9.10. The minimum atomic E-state index is -1.19. The first-order valence-electron chi connectivity index (χ1n) is 10.5. The molecular formula is C24H24BrN5O3S. The highest BCUT2D eigenvalue weighted by Gasteiger charge is 2.22. The van der Waals surface area contributed by atoms with Crippen LogP contribution in [0.5, 0.6) is 5.75 Å². The van der Waals surface area contributed by atoms with Crippen LogP contribution in [0.1, 0.15) is 41.6 Å². The number of aromatic nitrogens is 5. The molecule has 0 saturated carbocycles. The summed E-state index contributed by atoms with van der Waals surface area (Å²) in [5.41, 5.74) is 2.69. The van der Waals surface area contributed by atoms with E-state index in [-0.39, 0.29) is 12.2 Å². The first-order chi connectivity index (χ1) is 16.0. The van der Waals surface area contributed by atoms with Crippen LogP contribution in [-0.2, 0) is 12.2 Å². The molecule has 0 aliphatic carbocycles. The molecule has 176 valence electrons. The molecule has 0 bridgehead atoms. The number of hydrogen-bond donors (Lipinski definition) is 1. The molecule has 0 aliphatic rings. The van der Waals surface area contributed by atoms with Gasteiger partial charge >= 0.3 is 0 Å². The van der Waals surface area contributed by atoms with Crippen LogP contribution in [0, 0.1) is 20.8 Å². The number of rotatable bonds is 6. The molecule has 10 heteroatoms. The van der Waals surface area contributed by atoms with E-state index >= 15 is 0 Å². The Bertz CT molecular complexity index is 1430.